The summed E-state index contributed by atoms with van der Waals surface area (Å²) in [5, 5.41) is 18.3. The Morgan fingerprint density at radius 2 is 1.89 bits per heavy atom. The number of hydrazone groups is 1. The molecule has 1 unspecified atom stereocenters. The summed E-state index contributed by atoms with van der Waals surface area (Å²) >= 11 is 0. The van der Waals surface area contributed by atoms with Crippen LogP contribution >= 0.6 is 0 Å². The van der Waals surface area contributed by atoms with Crippen LogP contribution in [0.1, 0.15) is 23.8 Å². The summed E-state index contributed by atoms with van der Waals surface area (Å²) in [5.41, 5.74) is 12.6. The number of nitro groups is 1. The summed E-state index contributed by atoms with van der Waals surface area (Å²) in [7, 11) is 0. The third-order valence-electron chi connectivity index (χ3n) is 5.14. The van der Waals surface area contributed by atoms with Crippen LogP contribution < -0.4 is 11.2 Å². The van der Waals surface area contributed by atoms with E-state index in [1.165, 1.54) is 12.1 Å². The molecule has 0 radical (unpaired) electrons. The molecule has 0 spiro atoms. The Hall–Kier alpha value is -3.87. The standard InChI is InChI=1S/C21H16N4O3/c22-20-19-15-4-2-1-3-12(15)7-10-18(19)28-21(20)17-11-16(23-24-17)13-5-8-14(9-6-13)25(26)27/h1-10,16,23H,11,22H2. The average molecular weight is 372 g/mol. The van der Waals surface area contributed by atoms with Gasteiger partial charge in [0.2, 0.25) is 0 Å². The number of nitrogen functional groups attached to an aromatic ring is 1. The Labute approximate surface area is 159 Å². The van der Waals surface area contributed by atoms with Gasteiger partial charge in [-0.25, -0.2) is 0 Å². The van der Waals surface area contributed by atoms with Crippen molar-refractivity contribution in [2.24, 2.45) is 5.10 Å². The zero-order valence-electron chi connectivity index (χ0n) is 14.8. The summed E-state index contributed by atoms with van der Waals surface area (Å²) in [4.78, 5) is 10.4. The molecule has 0 saturated carbocycles. The predicted octanol–water partition coefficient (Wildman–Crippen LogP) is 4.52. The molecule has 5 rings (SSSR count). The van der Waals surface area contributed by atoms with Crippen LogP contribution in [-0.4, -0.2) is 10.6 Å². The number of rotatable bonds is 3. The van der Waals surface area contributed by atoms with Crippen molar-refractivity contribution < 1.29 is 9.34 Å². The number of hydrogen-bond acceptors (Lipinski definition) is 6. The van der Waals surface area contributed by atoms with Gasteiger partial charge in [-0.15, -0.1) is 0 Å². The first-order valence-electron chi connectivity index (χ1n) is 8.88. The highest BCUT2D eigenvalue weighted by molar-refractivity contribution is 6.17. The van der Waals surface area contributed by atoms with E-state index in [0.29, 0.717) is 17.9 Å². The molecule has 3 aromatic carbocycles. The fourth-order valence-corrected chi connectivity index (χ4v) is 3.71. The lowest BCUT2D eigenvalue weighted by Crippen LogP contribution is -2.10. The number of furan rings is 1. The molecule has 1 aliphatic heterocycles. The van der Waals surface area contributed by atoms with Crippen LogP contribution in [0.4, 0.5) is 11.4 Å². The molecule has 1 atom stereocenters. The van der Waals surface area contributed by atoms with Crippen molar-refractivity contribution in [3.05, 3.63) is 82.1 Å². The van der Waals surface area contributed by atoms with Gasteiger partial charge in [-0.05, 0) is 22.4 Å². The third-order valence-corrected chi connectivity index (χ3v) is 5.14. The topological polar surface area (TPSA) is 107 Å². The first-order chi connectivity index (χ1) is 13.6. The van der Waals surface area contributed by atoms with Gasteiger partial charge in [0.15, 0.2) is 5.76 Å². The molecular weight excluding hydrogens is 356 g/mol. The van der Waals surface area contributed by atoms with Crippen molar-refractivity contribution in [2.75, 3.05) is 5.73 Å². The summed E-state index contributed by atoms with van der Waals surface area (Å²) < 4.78 is 6.04. The van der Waals surface area contributed by atoms with E-state index in [1.54, 1.807) is 12.1 Å². The highest BCUT2D eigenvalue weighted by Crippen LogP contribution is 2.37. The van der Waals surface area contributed by atoms with Crippen LogP contribution in [0.5, 0.6) is 0 Å². The van der Waals surface area contributed by atoms with Crippen molar-refractivity contribution >= 4 is 38.8 Å². The molecule has 28 heavy (non-hydrogen) atoms. The van der Waals surface area contributed by atoms with Crippen LogP contribution in [0, 0.1) is 10.1 Å². The fourth-order valence-electron chi connectivity index (χ4n) is 3.71. The minimum atomic E-state index is -0.410. The second-order valence-corrected chi connectivity index (χ2v) is 6.80. The van der Waals surface area contributed by atoms with Crippen molar-refractivity contribution in [2.45, 2.75) is 12.5 Å². The molecule has 0 saturated heterocycles. The summed E-state index contributed by atoms with van der Waals surface area (Å²) in [6.07, 6.45) is 0.583. The Kier molecular flexibility index (Phi) is 3.55. The number of nitrogens with two attached hydrogens (primary N) is 1. The van der Waals surface area contributed by atoms with Crippen LogP contribution in [0.15, 0.2) is 70.2 Å². The van der Waals surface area contributed by atoms with Gasteiger partial charge in [0.05, 0.1) is 22.0 Å². The predicted molar refractivity (Wildman–Crippen MR) is 108 cm³/mol. The number of nitrogens with zero attached hydrogens (tertiary/aromatic N) is 2. The molecule has 0 aliphatic carbocycles. The average Bonchev–Trinajstić information content (AvgIpc) is 3.33. The van der Waals surface area contributed by atoms with Crippen LogP contribution in [0.2, 0.25) is 0 Å². The molecule has 1 aromatic heterocycles. The quantitative estimate of drug-likeness (QED) is 0.406. The van der Waals surface area contributed by atoms with Crippen molar-refractivity contribution in [3.63, 3.8) is 0 Å². The van der Waals surface area contributed by atoms with Gasteiger partial charge in [-0.2, -0.15) is 5.10 Å². The molecule has 4 aromatic rings. The highest BCUT2D eigenvalue weighted by Gasteiger charge is 2.27. The van der Waals surface area contributed by atoms with Gasteiger partial charge in [-0.3, -0.25) is 10.1 Å². The van der Waals surface area contributed by atoms with Gasteiger partial charge < -0.3 is 15.6 Å². The monoisotopic (exact) mass is 372 g/mol. The van der Waals surface area contributed by atoms with Crippen LogP contribution in [0.25, 0.3) is 21.7 Å². The fraction of sp³-hybridized carbons (Fsp3) is 0.0952. The maximum Gasteiger partial charge on any atom is 0.269 e. The Bertz CT molecular complexity index is 1260. The second kappa shape index (κ2) is 6.09. The Balaban J connectivity index is 1.49. The smallest absolute Gasteiger partial charge is 0.269 e. The zero-order valence-corrected chi connectivity index (χ0v) is 14.8. The van der Waals surface area contributed by atoms with Crippen molar-refractivity contribution in [1.82, 2.24) is 5.43 Å². The largest absolute Gasteiger partial charge is 0.452 e. The zero-order chi connectivity index (χ0) is 19.3. The molecule has 1 aliphatic rings. The summed E-state index contributed by atoms with van der Waals surface area (Å²) in [6, 6.07) is 18.4. The lowest BCUT2D eigenvalue weighted by atomic mass is 10.0. The van der Waals surface area contributed by atoms with Gasteiger partial charge in [0.25, 0.3) is 5.69 Å². The van der Waals surface area contributed by atoms with E-state index in [0.717, 1.165) is 33.0 Å². The van der Waals surface area contributed by atoms with Gasteiger partial charge in [0.1, 0.15) is 11.3 Å². The van der Waals surface area contributed by atoms with E-state index in [-0.39, 0.29) is 11.7 Å². The van der Waals surface area contributed by atoms with Crippen LogP contribution in [0.3, 0.4) is 0 Å². The first kappa shape index (κ1) is 16.3. The van der Waals surface area contributed by atoms with E-state index in [9.17, 15) is 10.1 Å². The molecule has 0 fully saturated rings. The number of hydrogen-bond donors (Lipinski definition) is 2. The number of anilines is 1. The molecule has 7 heteroatoms. The third kappa shape index (κ3) is 2.48. The lowest BCUT2D eigenvalue weighted by Gasteiger charge is -2.09. The summed E-state index contributed by atoms with van der Waals surface area (Å²) in [5.74, 6) is 0.572. The number of nitrogens with one attached hydrogen (secondary N) is 1. The normalized spacial score (nSPS) is 16.3. The first-order valence-corrected chi connectivity index (χ1v) is 8.88. The van der Waals surface area contributed by atoms with E-state index in [2.05, 4.69) is 10.5 Å². The number of benzene rings is 3. The van der Waals surface area contributed by atoms with E-state index in [1.807, 2.05) is 36.4 Å². The molecule has 2 heterocycles. The molecule has 0 bridgehead atoms. The maximum absolute atomic E-state index is 10.8. The molecule has 0 amide bonds. The van der Waals surface area contributed by atoms with Crippen molar-refractivity contribution in [1.29, 1.82) is 0 Å². The van der Waals surface area contributed by atoms with Crippen LogP contribution in [-0.2, 0) is 0 Å². The minimum absolute atomic E-state index is 0.0660. The maximum atomic E-state index is 10.8. The molecule has 3 N–H and O–H groups in total. The number of fused-ring (bicyclic) bond motifs is 3. The molecule has 138 valence electrons. The van der Waals surface area contributed by atoms with E-state index < -0.39 is 4.92 Å². The lowest BCUT2D eigenvalue weighted by molar-refractivity contribution is -0.384. The number of nitro benzene ring substituents is 1. The second-order valence-electron chi connectivity index (χ2n) is 6.80. The van der Waals surface area contributed by atoms with Gasteiger partial charge >= 0.3 is 0 Å². The molecule has 7 nitrogen and oxygen atoms in total. The van der Waals surface area contributed by atoms with Gasteiger partial charge in [0, 0.05) is 18.6 Å². The number of non-ortho nitro benzene ring substituents is 1. The van der Waals surface area contributed by atoms with E-state index >= 15 is 0 Å². The highest BCUT2D eigenvalue weighted by atomic mass is 16.6. The Morgan fingerprint density at radius 3 is 2.68 bits per heavy atom. The minimum Gasteiger partial charge on any atom is -0.452 e. The van der Waals surface area contributed by atoms with Gasteiger partial charge in [-0.1, -0.05) is 42.5 Å². The summed E-state index contributed by atoms with van der Waals surface area (Å²) in [6.45, 7) is 0. The van der Waals surface area contributed by atoms with Crippen molar-refractivity contribution in [3.8, 4) is 0 Å². The Morgan fingerprint density at radius 1 is 1.11 bits per heavy atom. The molecular formula is C21H16N4O3. The SMILES string of the molecule is Nc1c(C2=NNC(c3ccc([N+](=O)[O-])cc3)C2)oc2ccc3ccccc3c12. The van der Waals surface area contributed by atoms with E-state index in [4.69, 9.17) is 10.2 Å².